The summed E-state index contributed by atoms with van der Waals surface area (Å²) in [6.45, 7) is 5.07. The monoisotopic (exact) mass is 304 g/mol. The average Bonchev–Trinajstić information content (AvgIpc) is 2.42. The number of nitrogens with two attached hydrogens (primary N) is 1. The van der Waals surface area contributed by atoms with Gasteiger partial charge >= 0.3 is 6.18 Å². The number of alkyl halides is 3. The van der Waals surface area contributed by atoms with Gasteiger partial charge in [-0.3, -0.25) is 4.79 Å². The largest absolute Gasteiger partial charge is 0.416 e. The number of rotatable bonds is 6. The van der Waals surface area contributed by atoms with Gasteiger partial charge in [0.25, 0.3) is 5.91 Å². The molecule has 0 saturated heterocycles. The Morgan fingerprint density at radius 3 is 2.52 bits per heavy atom. The summed E-state index contributed by atoms with van der Waals surface area (Å²) >= 11 is 0. The Labute approximate surface area is 121 Å². The van der Waals surface area contributed by atoms with Gasteiger partial charge < -0.3 is 15.4 Å². The molecule has 21 heavy (non-hydrogen) atoms. The highest BCUT2D eigenvalue weighted by Crippen LogP contribution is 2.31. The molecule has 0 aliphatic rings. The van der Waals surface area contributed by atoms with Gasteiger partial charge in [-0.25, -0.2) is 0 Å². The van der Waals surface area contributed by atoms with Crippen LogP contribution < -0.4 is 5.73 Å². The molecule has 0 aliphatic carbocycles. The minimum absolute atomic E-state index is 0.0304. The summed E-state index contributed by atoms with van der Waals surface area (Å²) in [6.07, 6.45) is -4.51. The third-order valence-corrected chi connectivity index (χ3v) is 2.99. The zero-order valence-corrected chi connectivity index (χ0v) is 12.0. The molecule has 0 radical (unpaired) electrons. The minimum atomic E-state index is -4.51. The van der Waals surface area contributed by atoms with E-state index in [0.29, 0.717) is 26.3 Å². The van der Waals surface area contributed by atoms with Crippen molar-refractivity contribution in [1.29, 1.82) is 0 Å². The molecule has 0 heterocycles. The standard InChI is InChI=1S/C14H19F3N2O2/c1-3-19(7-8-21-4-2)13(20)11-9-10(14(15,16)17)5-6-12(11)18/h5-6,9H,3-4,7-8,18H2,1-2H3. The second-order valence-corrected chi connectivity index (χ2v) is 4.38. The van der Waals surface area contributed by atoms with Crippen LogP contribution in [0, 0.1) is 0 Å². The molecule has 7 heteroatoms. The number of hydrogen-bond donors (Lipinski definition) is 1. The average molecular weight is 304 g/mol. The maximum atomic E-state index is 12.7. The van der Waals surface area contributed by atoms with Gasteiger partial charge in [0.05, 0.1) is 17.7 Å². The number of amides is 1. The van der Waals surface area contributed by atoms with E-state index in [9.17, 15) is 18.0 Å². The fourth-order valence-electron chi connectivity index (χ4n) is 1.81. The second kappa shape index (κ2) is 7.31. The lowest BCUT2D eigenvalue weighted by molar-refractivity contribution is -0.137. The van der Waals surface area contributed by atoms with Crippen LogP contribution in [-0.2, 0) is 10.9 Å². The fraction of sp³-hybridized carbons (Fsp3) is 0.500. The van der Waals surface area contributed by atoms with Crippen molar-refractivity contribution in [2.75, 3.05) is 32.0 Å². The van der Waals surface area contributed by atoms with Gasteiger partial charge in [0.15, 0.2) is 0 Å². The van der Waals surface area contributed by atoms with Gasteiger partial charge in [0, 0.05) is 25.4 Å². The summed E-state index contributed by atoms with van der Waals surface area (Å²) in [5, 5.41) is 0. The van der Waals surface area contributed by atoms with Gasteiger partial charge in [-0.15, -0.1) is 0 Å². The smallest absolute Gasteiger partial charge is 0.398 e. The molecule has 1 aromatic rings. The van der Waals surface area contributed by atoms with Crippen LogP contribution in [0.1, 0.15) is 29.8 Å². The summed E-state index contributed by atoms with van der Waals surface area (Å²) < 4.78 is 43.3. The molecule has 0 aromatic heterocycles. The number of benzene rings is 1. The lowest BCUT2D eigenvalue weighted by Crippen LogP contribution is -2.34. The molecule has 0 bridgehead atoms. The molecule has 2 N–H and O–H groups in total. The van der Waals surface area contributed by atoms with Crippen LogP contribution in [0.5, 0.6) is 0 Å². The van der Waals surface area contributed by atoms with Crippen molar-refractivity contribution in [2.45, 2.75) is 20.0 Å². The fourth-order valence-corrected chi connectivity index (χ4v) is 1.81. The summed E-state index contributed by atoms with van der Waals surface area (Å²) in [7, 11) is 0. The summed E-state index contributed by atoms with van der Waals surface area (Å²) in [4.78, 5) is 13.7. The van der Waals surface area contributed by atoms with Gasteiger partial charge in [0.2, 0.25) is 0 Å². The van der Waals surface area contributed by atoms with Crippen molar-refractivity contribution < 1.29 is 22.7 Å². The van der Waals surface area contributed by atoms with E-state index in [0.717, 1.165) is 18.2 Å². The predicted octanol–water partition coefficient (Wildman–Crippen LogP) is 2.79. The number of likely N-dealkylation sites (N-methyl/N-ethyl adjacent to an activating group) is 1. The van der Waals surface area contributed by atoms with E-state index in [2.05, 4.69) is 0 Å². The zero-order valence-electron chi connectivity index (χ0n) is 12.0. The summed E-state index contributed by atoms with van der Waals surface area (Å²) in [5.41, 5.74) is 4.64. The quantitative estimate of drug-likeness (QED) is 0.649. The van der Waals surface area contributed by atoms with Crippen molar-refractivity contribution in [1.82, 2.24) is 4.90 Å². The third-order valence-electron chi connectivity index (χ3n) is 2.99. The first-order valence-electron chi connectivity index (χ1n) is 6.65. The highest BCUT2D eigenvalue weighted by atomic mass is 19.4. The van der Waals surface area contributed by atoms with E-state index >= 15 is 0 Å². The molecule has 118 valence electrons. The number of nitrogens with zero attached hydrogens (tertiary/aromatic N) is 1. The highest BCUT2D eigenvalue weighted by molar-refractivity contribution is 5.99. The topological polar surface area (TPSA) is 55.6 Å². The van der Waals surface area contributed by atoms with E-state index in [4.69, 9.17) is 10.5 Å². The van der Waals surface area contributed by atoms with E-state index in [1.165, 1.54) is 4.90 Å². The first-order chi connectivity index (χ1) is 9.81. The number of nitrogen functional groups attached to an aromatic ring is 1. The van der Waals surface area contributed by atoms with Crippen molar-refractivity contribution in [2.24, 2.45) is 0 Å². The third kappa shape index (κ3) is 4.63. The SMILES string of the molecule is CCOCCN(CC)C(=O)c1cc(C(F)(F)F)ccc1N. The van der Waals surface area contributed by atoms with Gasteiger partial charge in [-0.1, -0.05) is 0 Å². The van der Waals surface area contributed by atoms with Crippen molar-refractivity contribution in [3.63, 3.8) is 0 Å². The number of hydrogen-bond acceptors (Lipinski definition) is 3. The maximum absolute atomic E-state index is 12.7. The van der Waals surface area contributed by atoms with Crippen LogP contribution in [0.4, 0.5) is 18.9 Å². The van der Waals surface area contributed by atoms with E-state index < -0.39 is 17.6 Å². The molecule has 0 spiro atoms. The molecule has 1 aromatic carbocycles. The molecule has 0 unspecified atom stereocenters. The van der Waals surface area contributed by atoms with Gasteiger partial charge in [-0.05, 0) is 32.0 Å². The predicted molar refractivity (Wildman–Crippen MR) is 73.9 cm³/mol. The van der Waals surface area contributed by atoms with Crippen molar-refractivity contribution in [3.05, 3.63) is 29.3 Å². The Morgan fingerprint density at radius 2 is 2.00 bits per heavy atom. The van der Waals surface area contributed by atoms with Gasteiger partial charge in [-0.2, -0.15) is 13.2 Å². The molecule has 0 saturated carbocycles. The lowest BCUT2D eigenvalue weighted by Gasteiger charge is -2.22. The minimum Gasteiger partial charge on any atom is -0.398 e. The van der Waals surface area contributed by atoms with Crippen molar-refractivity contribution in [3.8, 4) is 0 Å². The molecule has 0 fully saturated rings. The molecular formula is C14H19F3N2O2. The second-order valence-electron chi connectivity index (χ2n) is 4.38. The van der Waals surface area contributed by atoms with Gasteiger partial charge in [0.1, 0.15) is 0 Å². The number of carbonyl (C=O) groups is 1. The number of carbonyl (C=O) groups excluding carboxylic acids is 1. The van der Waals surface area contributed by atoms with E-state index in [1.807, 2.05) is 6.92 Å². The number of ether oxygens (including phenoxy) is 1. The van der Waals surface area contributed by atoms with Crippen LogP contribution in [0.15, 0.2) is 18.2 Å². The normalized spacial score (nSPS) is 11.5. The molecular weight excluding hydrogens is 285 g/mol. The van der Waals surface area contributed by atoms with Crippen LogP contribution in [0.3, 0.4) is 0 Å². The van der Waals surface area contributed by atoms with Crippen LogP contribution in [-0.4, -0.2) is 37.1 Å². The Balaban J connectivity index is 2.99. The first kappa shape index (κ1) is 17.3. The number of halogens is 3. The molecule has 0 atom stereocenters. The Hall–Kier alpha value is -1.76. The summed E-state index contributed by atoms with van der Waals surface area (Å²) in [6, 6.07) is 2.76. The number of anilines is 1. The lowest BCUT2D eigenvalue weighted by atomic mass is 10.1. The molecule has 1 rings (SSSR count). The van der Waals surface area contributed by atoms with Crippen molar-refractivity contribution >= 4 is 11.6 Å². The molecule has 4 nitrogen and oxygen atoms in total. The zero-order chi connectivity index (χ0) is 16.0. The van der Waals surface area contributed by atoms with E-state index in [-0.39, 0.29) is 11.3 Å². The van der Waals surface area contributed by atoms with Crippen LogP contribution >= 0.6 is 0 Å². The van der Waals surface area contributed by atoms with Crippen LogP contribution in [0.2, 0.25) is 0 Å². The van der Waals surface area contributed by atoms with E-state index in [1.54, 1.807) is 6.92 Å². The molecule has 1 amide bonds. The Morgan fingerprint density at radius 1 is 1.33 bits per heavy atom. The maximum Gasteiger partial charge on any atom is 0.416 e. The Bertz CT molecular complexity index is 490. The summed E-state index contributed by atoms with van der Waals surface area (Å²) in [5.74, 6) is -0.527. The highest BCUT2D eigenvalue weighted by Gasteiger charge is 2.32. The van der Waals surface area contributed by atoms with Crippen LogP contribution in [0.25, 0.3) is 0 Å². The first-order valence-corrected chi connectivity index (χ1v) is 6.65. The molecule has 0 aliphatic heterocycles. The Kier molecular flexibility index (Phi) is 6.02.